The molecular weight excluding hydrogens is 404 g/mol. The summed E-state index contributed by atoms with van der Waals surface area (Å²) in [6.45, 7) is 13.1. The van der Waals surface area contributed by atoms with Crippen LogP contribution in [0, 0.1) is 18.8 Å². The first-order valence-corrected chi connectivity index (χ1v) is 12.0. The molecule has 1 N–H and O–H groups in total. The van der Waals surface area contributed by atoms with E-state index in [-0.39, 0.29) is 5.91 Å². The van der Waals surface area contributed by atoms with Crippen molar-refractivity contribution in [3.05, 3.63) is 41.5 Å². The number of benzene rings is 1. The van der Waals surface area contributed by atoms with Crippen LogP contribution < -0.4 is 5.32 Å². The number of nitrogens with one attached hydrogen (secondary N) is 1. The molecule has 0 saturated carbocycles. The van der Waals surface area contributed by atoms with Gasteiger partial charge in [-0.05, 0) is 30.7 Å². The van der Waals surface area contributed by atoms with Crippen molar-refractivity contribution in [1.82, 2.24) is 14.9 Å². The summed E-state index contributed by atoms with van der Waals surface area (Å²) in [5, 5.41) is 4.54. The summed E-state index contributed by atoms with van der Waals surface area (Å²) in [5.74, 6) is 2.05. The van der Waals surface area contributed by atoms with E-state index in [4.69, 9.17) is 0 Å². The molecule has 1 aromatic carbocycles. The summed E-state index contributed by atoms with van der Waals surface area (Å²) in [6.07, 6.45) is 2.95. The molecule has 5 nitrogen and oxygen atoms in total. The number of aromatic nitrogens is 2. The lowest BCUT2D eigenvalue weighted by Gasteiger charge is -2.26. The highest BCUT2D eigenvalue weighted by Crippen LogP contribution is 2.40. The summed E-state index contributed by atoms with van der Waals surface area (Å²) in [6, 6.07) is 10.4. The topological polar surface area (TPSA) is 58.1 Å². The first-order valence-electron chi connectivity index (χ1n) is 11.2. The first-order chi connectivity index (χ1) is 14.9. The second kappa shape index (κ2) is 10.7. The molecule has 0 bridgehead atoms. The number of fused-ring (bicyclic) bond motifs is 1. The summed E-state index contributed by atoms with van der Waals surface area (Å²) in [7, 11) is 0. The number of thiophene rings is 1. The van der Waals surface area contributed by atoms with Crippen LogP contribution in [0.4, 0.5) is 5.82 Å². The maximum atomic E-state index is 12.8. The van der Waals surface area contributed by atoms with E-state index < -0.39 is 0 Å². The lowest BCUT2D eigenvalue weighted by molar-refractivity contribution is -0.132. The average molecular weight is 439 g/mol. The van der Waals surface area contributed by atoms with Gasteiger partial charge < -0.3 is 10.2 Å². The molecule has 3 aromatic rings. The summed E-state index contributed by atoms with van der Waals surface area (Å²) >= 11 is 1.70. The molecule has 6 heteroatoms. The minimum atomic E-state index is 0.244. The fraction of sp³-hybridized carbons (Fsp3) is 0.480. The highest BCUT2D eigenvalue weighted by Gasteiger charge is 2.18. The minimum Gasteiger partial charge on any atom is -0.369 e. The quantitative estimate of drug-likeness (QED) is 0.394. The molecule has 0 spiro atoms. The molecule has 3 rings (SSSR count). The minimum absolute atomic E-state index is 0.244. The zero-order valence-corrected chi connectivity index (χ0v) is 20.1. The number of nitrogens with zero attached hydrogens (tertiary/aromatic N) is 3. The van der Waals surface area contributed by atoms with Gasteiger partial charge in [0.1, 0.15) is 17.0 Å². The molecule has 0 radical (unpaired) electrons. The summed E-state index contributed by atoms with van der Waals surface area (Å²) in [4.78, 5) is 26.0. The van der Waals surface area contributed by atoms with Crippen LogP contribution in [-0.2, 0) is 4.79 Å². The number of aryl methyl sites for hydroxylation is 1. The Labute approximate surface area is 189 Å². The van der Waals surface area contributed by atoms with Crippen molar-refractivity contribution in [3.63, 3.8) is 0 Å². The Balaban J connectivity index is 1.68. The summed E-state index contributed by atoms with van der Waals surface area (Å²) < 4.78 is 0. The van der Waals surface area contributed by atoms with Gasteiger partial charge in [-0.25, -0.2) is 9.97 Å². The smallest absolute Gasteiger partial charge is 0.222 e. The van der Waals surface area contributed by atoms with Crippen molar-refractivity contribution in [2.45, 2.75) is 47.5 Å². The van der Waals surface area contributed by atoms with Gasteiger partial charge in [0.2, 0.25) is 5.91 Å². The van der Waals surface area contributed by atoms with Crippen molar-refractivity contribution in [2.75, 3.05) is 25.0 Å². The fourth-order valence-electron chi connectivity index (χ4n) is 3.89. The van der Waals surface area contributed by atoms with E-state index >= 15 is 0 Å². The number of hydrogen-bond acceptors (Lipinski definition) is 5. The molecule has 31 heavy (non-hydrogen) atoms. The highest BCUT2D eigenvalue weighted by atomic mass is 32.1. The van der Waals surface area contributed by atoms with Gasteiger partial charge in [0.15, 0.2) is 0 Å². The molecular formula is C25H34N4OS. The van der Waals surface area contributed by atoms with Gasteiger partial charge >= 0.3 is 0 Å². The molecule has 2 aromatic heterocycles. The standard InChI is InChI=1S/C25H34N4OS/c1-17(2)14-29(15-18(3)4)21(30)12-9-13-26-24-23-22(20-10-7-6-8-11-20)19(5)31-25(23)28-16-27-24/h6-8,10-11,16-18H,9,12-15H2,1-5H3,(H,26,27,28). The zero-order valence-electron chi connectivity index (χ0n) is 19.3. The van der Waals surface area contributed by atoms with Crippen LogP contribution in [0.1, 0.15) is 45.4 Å². The maximum Gasteiger partial charge on any atom is 0.222 e. The van der Waals surface area contributed by atoms with Gasteiger partial charge in [-0.2, -0.15) is 0 Å². The normalized spacial score (nSPS) is 11.5. The maximum absolute atomic E-state index is 12.8. The zero-order chi connectivity index (χ0) is 22.4. The monoisotopic (exact) mass is 438 g/mol. The third-order valence-corrected chi connectivity index (χ3v) is 6.12. The second-order valence-corrected chi connectivity index (χ2v) is 10.1. The van der Waals surface area contributed by atoms with E-state index in [1.807, 2.05) is 11.0 Å². The van der Waals surface area contributed by atoms with E-state index in [0.29, 0.717) is 24.8 Å². The number of carbonyl (C=O) groups is 1. The van der Waals surface area contributed by atoms with Gasteiger partial charge in [-0.3, -0.25) is 4.79 Å². The van der Waals surface area contributed by atoms with Crippen molar-refractivity contribution in [1.29, 1.82) is 0 Å². The predicted molar refractivity (Wildman–Crippen MR) is 132 cm³/mol. The number of amides is 1. The van der Waals surface area contributed by atoms with Crippen molar-refractivity contribution >= 4 is 33.3 Å². The van der Waals surface area contributed by atoms with Crippen molar-refractivity contribution in [3.8, 4) is 11.1 Å². The molecule has 0 saturated heterocycles. The lowest BCUT2D eigenvalue weighted by Crippen LogP contribution is -2.37. The highest BCUT2D eigenvalue weighted by molar-refractivity contribution is 7.19. The van der Waals surface area contributed by atoms with Crippen LogP contribution in [0.25, 0.3) is 21.3 Å². The third-order valence-electron chi connectivity index (χ3n) is 5.11. The van der Waals surface area contributed by atoms with Crippen LogP contribution in [0.5, 0.6) is 0 Å². The molecule has 0 unspecified atom stereocenters. The lowest BCUT2D eigenvalue weighted by atomic mass is 10.0. The van der Waals surface area contributed by atoms with Crippen molar-refractivity contribution in [2.24, 2.45) is 11.8 Å². The number of hydrogen-bond donors (Lipinski definition) is 1. The van der Waals surface area contributed by atoms with Crippen LogP contribution >= 0.6 is 11.3 Å². The summed E-state index contributed by atoms with van der Waals surface area (Å²) in [5.41, 5.74) is 2.37. The Morgan fingerprint density at radius 2 is 1.74 bits per heavy atom. The van der Waals surface area contributed by atoms with Crippen LogP contribution in [-0.4, -0.2) is 40.4 Å². The molecule has 2 heterocycles. The molecule has 166 valence electrons. The Morgan fingerprint density at radius 3 is 2.39 bits per heavy atom. The molecule has 0 atom stereocenters. The Bertz CT molecular complexity index is 987. The molecule has 0 aliphatic carbocycles. The van der Waals surface area contributed by atoms with E-state index in [1.165, 1.54) is 16.0 Å². The second-order valence-electron chi connectivity index (χ2n) is 8.92. The van der Waals surface area contributed by atoms with Gasteiger partial charge in [-0.15, -0.1) is 11.3 Å². The fourth-order valence-corrected chi connectivity index (χ4v) is 4.91. The van der Waals surface area contributed by atoms with E-state index in [2.05, 4.69) is 74.2 Å². The van der Waals surface area contributed by atoms with E-state index in [1.54, 1.807) is 17.7 Å². The SMILES string of the molecule is Cc1sc2ncnc(NCCCC(=O)N(CC(C)C)CC(C)C)c2c1-c1ccccc1. The van der Waals surface area contributed by atoms with Crippen LogP contribution in [0.15, 0.2) is 36.7 Å². The van der Waals surface area contributed by atoms with Gasteiger partial charge in [0.25, 0.3) is 0 Å². The Kier molecular flexibility index (Phi) is 8.02. The number of anilines is 1. The number of carbonyl (C=O) groups excluding carboxylic acids is 1. The molecule has 0 aliphatic heterocycles. The Morgan fingerprint density at radius 1 is 1.06 bits per heavy atom. The molecule has 0 aliphatic rings. The third kappa shape index (κ3) is 6.03. The first kappa shape index (κ1) is 23.2. The van der Waals surface area contributed by atoms with E-state index in [9.17, 15) is 4.79 Å². The van der Waals surface area contributed by atoms with Crippen LogP contribution in [0.3, 0.4) is 0 Å². The molecule has 1 amide bonds. The van der Waals surface area contributed by atoms with Crippen LogP contribution in [0.2, 0.25) is 0 Å². The van der Waals surface area contributed by atoms with E-state index in [0.717, 1.165) is 35.5 Å². The van der Waals surface area contributed by atoms with Crippen molar-refractivity contribution < 1.29 is 4.79 Å². The molecule has 0 fully saturated rings. The number of rotatable bonds is 10. The van der Waals surface area contributed by atoms with Gasteiger partial charge in [0.05, 0.1) is 5.39 Å². The predicted octanol–water partition coefficient (Wildman–Crippen LogP) is 6.00. The largest absolute Gasteiger partial charge is 0.369 e. The Hall–Kier alpha value is -2.47. The van der Waals surface area contributed by atoms with Gasteiger partial charge in [0, 0.05) is 36.5 Å². The van der Waals surface area contributed by atoms with Gasteiger partial charge in [-0.1, -0.05) is 58.0 Å². The average Bonchev–Trinajstić information content (AvgIpc) is 3.07.